The first kappa shape index (κ1) is 34.8. The Morgan fingerprint density at radius 2 is 0.940 bits per heavy atom. The van der Waals surface area contributed by atoms with E-state index in [1.54, 1.807) is 0 Å². The average Bonchev–Trinajstić information content (AvgIpc) is 3.03. The molecular formula is C36H24F6O6S2. The van der Waals surface area contributed by atoms with Crippen LogP contribution in [0, 0.1) is 13.8 Å². The maximum atomic E-state index is 12.8. The third kappa shape index (κ3) is 6.72. The Morgan fingerprint density at radius 3 is 1.48 bits per heavy atom. The molecule has 0 N–H and O–H groups in total. The number of rotatable bonds is 7. The van der Waals surface area contributed by atoms with Gasteiger partial charge in [-0.05, 0) is 117 Å². The van der Waals surface area contributed by atoms with Crippen molar-refractivity contribution in [1.82, 2.24) is 0 Å². The zero-order valence-corrected chi connectivity index (χ0v) is 27.6. The van der Waals surface area contributed by atoms with E-state index in [9.17, 15) is 43.2 Å². The van der Waals surface area contributed by atoms with E-state index in [0.29, 0.717) is 22.3 Å². The van der Waals surface area contributed by atoms with E-state index in [1.807, 2.05) is 74.5 Å². The topological polar surface area (TPSA) is 86.7 Å². The fraction of sp³-hybridized carbons (Fsp3) is 0.111. The molecule has 6 rings (SSSR count). The van der Waals surface area contributed by atoms with Gasteiger partial charge in [0.1, 0.15) is 11.5 Å². The molecule has 0 radical (unpaired) electrons. The number of hydrogen-bond donors (Lipinski definition) is 0. The highest BCUT2D eigenvalue weighted by molar-refractivity contribution is 7.88. The molecule has 14 heteroatoms. The van der Waals surface area contributed by atoms with E-state index in [0.717, 1.165) is 68.1 Å². The molecule has 6 nitrogen and oxygen atoms in total. The Bertz CT molecular complexity index is 2490. The minimum absolute atomic E-state index is 0.486. The molecule has 0 saturated heterocycles. The second kappa shape index (κ2) is 12.4. The molecular weight excluding hydrogens is 707 g/mol. The second-order valence-electron chi connectivity index (χ2n) is 11.5. The first-order chi connectivity index (χ1) is 23.3. The maximum absolute atomic E-state index is 12.8. The van der Waals surface area contributed by atoms with Crippen molar-refractivity contribution in [3.8, 4) is 44.9 Å². The van der Waals surface area contributed by atoms with Crippen molar-refractivity contribution in [3.63, 3.8) is 0 Å². The van der Waals surface area contributed by atoms with E-state index < -0.39 is 42.8 Å². The molecule has 6 aromatic rings. The molecule has 0 aliphatic rings. The predicted molar refractivity (Wildman–Crippen MR) is 178 cm³/mol. The van der Waals surface area contributed by atoms with Crippen molar-refractivity contribution in [2.75, 3.05) is 0 Å². The van der Waals surface area contributed by atoms with E-state index in [-0.39, 0.29) is 0 Å². The lowest BCUT2D eigenvalue weighted by atomic mass is 9.87. The van der Waals surface area contributed by atoms with Gasteiger partial charge in [-0.15, -0.1) is 0 Å². The number of benzene rings is 6. The lowest BCUT2D eigenvalue weighted by Crippen LogP contribution is -2.28. The van der Waals surface area contributed by atoms with Gasteiger partial charge in [0.15, 0.2) is 0 Å². The number of alkyl halides is 6. The second-order valence-corrected chi connectivity index (χ2v) is 14.5. The summed E-state index contributed by atoms with van der Waals surface area (Å²) in [4.78, 5) is 0. The van der Waals surface area contributed by atoms with Crippen LogP contribution in [0.1, 0.15) is 11.1 Å². The molecule has 50 heavy (non-hydrogen) atoms. The maximum Gasteiger partial charge on any atom is 0.534 e. The van der Waals surface area contributed by atoms with Crippen molar-refractivity contribution in [3.05, 3.63) is 120 Å². The molecule has 0 heterocycles. The third-order valence-corrected chi connectivity index (χ3v) is 9.92. The summed E-state index contributed by atoms with van der Waals surface area (Å²) in [5.41, 5.74) is -4.79. The van der Waals surface area contributed by atoms with Gasteiger partial charge in [0, 0.05) is 0 Å². The van der Waals surface area contributed by atoms with Crippen LogP contribution >= 0.6 is 0 Å². The fourth-order valence-electron chi connectivity index (χ4n) is 5.57. The normalized spacial score (nSPS) is 12.7. The zero-order valence-electron chi connectivity index (χ0n) is 25.9. The fourth-order valence-corrected chi connectivity index (χ4v) is 6.49. The van der Waals surface area contributed by atoms with Gasteiger partial charge in [-0.25, -0.2) is 0 Å². The predicted octanol–water partition coefficient (Wildman–Crippen LogP) is 10.1. The molecule has 258 valence electrons. The highest BCUT2D eigenvalue weighted by Crippen LogP contribution is 2.41. The summed E-state index contributed by atoms with van der Waals surface area (Å²) >= 11 is 0. The molecule has 0 saturated carbocycles. The van der Waals surface area contributed by atoms with Crippen LogP contribution in [0.2, 0.25) is 0 Å². The smallest absolute Gasteiger partial charge is 0.376 e. The summed E-state index contributed by atoms with van der Waals surface area (Å²) in [6.45, 7) is 3.92. The number of aryl methyl sites for hydroxylation is 2. The molecule has 6 aromatic carbocycles. The SMILES string of the molecule is Cc1ccc2cc(-c3ccc(OS(=O)(=O)C(F)(F)F)cc3)cc(-c3c(C)ccc4cc(-c5ccc(OS(=O)(=O)C(F)(F)F)cc5)ccc34)c2c1. The third-order valence-electron chi connectivity index (χ3n) is 7.96. The van der Waals surface area contributed by atoms with Crippen LogP contribution in [0.5, 0.6) is 11.5 Å². The van der Waals surface area contributed by atoms with Crippen LogP contribution in [0.4, 0.5) is 26.3 Å². The highest BCUT2D eigenvalue weighted by Gasteiger charge is 2.49. The van der Waals surface area contributed by atoms with Gasteiger partial charge in [0.25, 0.3) is 0 Å². The molecule has 0 aliphatic carbocycles. The Labute approximate surface area is 282 Å². The quantitative estimate of drug-likeness (QED) is 0.0924. The summed E-state index contributed by atoms with van der Waals surface area (Å²) in [6.07, 6.45) is 0. The van der Waals surface area contributed by atoms with Gasteiger partial charge in [0.05, 0.1) is 0 Å². The molecule has 0 aliphatic heterocycles. The Kier molecular flexibility index (Phi) is 8.59. The first-order valence-electron chi connectivity index (χ1n) is 14.6. The van der Waals surface area contributed by atoms with Crippen molar-refractivity contribution in [1.29, 1.82) is 0 Å². The van der Waals surface area contributed by atoms with Crippen LogP contribution < -0.4 is 8.37 Å². The van der Waals surface area contributed by atoms with Gasteiger partial charge in [-0.1, -0.05) is 72.3 Å². The van der Waals surface area contributed by atoms with Crippen molar-refractivity contribution in [2.45, 2.75) is 24.9 Å². The monoisotopic (exact) mass is 730 g/mol. The van der Waals surface area contributed by atoms with Crippen molar-refractivity contribution >= 4 is 41.8 Å². The summed E-state index contributed by atoms with van der Waals surface area (Å²) in [5.74, 6) is -0.975. The molecule has 0 bridgehead atoms. The van der Waals surface area contributed by atoms with Crippen LogP contribution in [-0.2, 0) is 20.2 Å². The van der Waals surface area contributed by atoms with Gasteiger partial charge in [-0.2, -0.15) is 43.2 Å². The largest absolute Gasteiger partial charge is 0.534 e. The average molecular weight is 731 g/mol. The van der Waals surface area contributed by atoms with E-state index in [1.165, 1.54) is 24.3 Å². The lowest BCUT2D eigenvalue weighted by Gasteiger charge is -2.17. The van der Waals surface area contributed by atoms with Crippen LogP contribution in [0.15, 0.2) is 109 Å². The number of fused-ring (bicyclic) bond motifs is 2. The Hall–Kier alpha value is -5.08. The minimum Gasteiger partial charge on any atom is -0.376 e. The lowest BCUT2D eigenvalue weighted by molar-refractivity contribution is -0.0504. The van der Waals surface area contributed by atoms with Gasteiger partial charge >= 0.3 is 31.3 Å². The molecule has 0 aromatic heterocycles. The van der Waals surface area contributed by atoms with Gasteiger partial charge in [0.2, 0.25) is 0 Å². The Balaban J connectivity index is 1.41. The van der Waals surface area contributed by atoms with Crippen LogP contribution in [-0.4, -0.2) is 27.9 Å². The van der Waals surface area contributed by atoms with Crippen molar-refractivity contribution in [2.24, 2.45) is 0 Å². The molecule has 0 unspecified atom stereocenters. The molecule has 0 atom stereocenters. The van der Waals surface area contributed by atoms with Crippen molar-refractivity contribution < 1.29 is 51.5 Å². The van der Waals surface area contributed by atoms with Crippen LogP contribution in [0.25, 0.3) is 54.9 Å². The molecule has 0 fully saturated rings. The van der Waals surface area contributed by atoms with E-state index in [4.69, 9.17) is 0 Å². The molecule has 0 amide bonds. The van der Waals surface area contributed by atoms with E-state index >= 15 is 0 Å². The Morgan fingerprint density at radius 1 is 0.480 bits per heavy atom. The zero-order chi connectivity index (χ0) is 36.2. The number of halogens is 6. The van der Waals surface area contributed by atoms with E-state index in [2.05, 4.69) is 8.37 Å². The van der Waals surface area contributed by atoms with Gasteiger partial charge in [-0.3, -0.25) is 0 Å². The number of hydrogen-bond acceptors (Lipinski definition) is 6. The highest BCUT2D eigenvalue weighted by atomic mass is 32.2. The summed E-state index contributed by atoms with van der Waals surface area (Å²) in [6, 6.07) is 29.7. The minimum atomic E-state index is -5.83. The van der Waals surface area contributed by atoms with Gasteiger partial charge < -0.3 is 8.37 Å². The first-order valence-corrected chi connectivity index (χ1v) is 17.5. The standard InChI is InChI=1S/C36H24F6O6S2/c1-21-3-5-27-19-28(24-9-14-30(15-10-24)48-50(45,46)36(40,41)42)20-33(32(27)17-21)34-22(2)4-6-26-18-25(11-16-31(26)34)23-7-12-29(13-8-23)47-49(43,44)35(37,38)39/h3-20H,1-2H3. The summed E-state index contributed by atoms with van der Waals surface area (Å²) in [7, 11) is -11.6. The molecule has 0 spiro atoms. The summed E-state index contributed by atoms with van der Waals surface area (Å²) < 4.78 is 131. The van der Waals surface area contributed by atoms with Crippen LogP contribution in [0.3, 0.4) is 0 Å². The summed E-state index contributed by atoms with van der Waals surface area (Å²) in [5, 5.41) is 3.53.